The van der Waals surface area contributed by atoms with Crippen LogP contribution in [0.2, 0.25) is 0 Å². The highest BCUT2D eigenvalue weighted by molar-refractivity contribution is 9.10. The van der Waals surface area contributed by atoms with Crippen molar-refractivity contribution in [3.05, 3.63) is 75.9 Å². The lowest BCUT2D eigenvalue weighted by molar-refractivity contribution is 0.859. The van der Waals surface area contributed by atoms with Crippen molar-refractivity contribution in [3.8, 4) is 0 Å². The second-order valence-corrected chi connectivity index (χ2v) is 5.71. The van der Waals surface area contributed by atoms with Crippen LogP contribution in [0.1, 0.15) is 22.7 Å². The number of hydrogen-bond acceptors (Lipinski definition) is 2. The van der Waals surface area contributed by atoms with E-state index in [4.69, 9.17) is 5.73 Å². The number of para-hydroxylation sites is 1. The number of nitrogens with zero attached hydrogens (tertiary/aromatic N) is 1. The van der Waals surface area contributed by atoms with Gasteiger partial charge in [0, 0.05) is 16.1 Å². The third kappa shape index (κ3) is 2.35. The van der Waals surface area contributed by atoms with Gasteiger partial charge in [-0.2, -0.15) is 0 Å². The molecule has 0 saturated heterocycles. The van der Waals surface area contributed by atoms with Crippen molar-refractivity contribution < 1.29 is 0 Å². The van der Waals surface area contributed by atoms with Gasteiger partial charge in [0.05, 0.1) is 11.6 Å². The van der Waals surface area contributed by atoms with E-state index in [1.807, 2.05) is 30.5 Å². The largest absolute Gasteiger partial charge is 0.320 e. The molecular weight excluding hydrogens is 312 g/mol. The molecule has 0 radical (unpaired) electrons. The van der Waals surface area contributed by atoms with Crippen LogP contribution in [-0.2, 0) is 0 Å². The molecule has 3 heteroatoms. The van der Waals surface area contributed by atoms with Crippen molar-refractivity contribution in [3.63, 3.8) is 0 Å². The molecule has 100 valence electrons. The number of halogens is 1. The molecule has 0 saturated carbocycles. The first kappa shape index (κ1) is 13.3. The van der Waals surface area contributed by atoms with E-state index in [0.717, 1.165) is 26.5 Å². The lowest BCUT2D eigenvalue weighted by atomic mass is 9.98. The standard InChI is InChI=1S/C17H15BrN2/c1-11-5-4-7-14(16(11)18)17(19)13-9-12-6-2-3-8-15(12)20-10-13/h2-10,17H,19H2,1H3. The number of rotatable bonds is 2. The van der Waals surface area contributed by atoms with Crippen LogP contribution < -0.4 is 5.73 Å². The van der Waals surface area contributed by atoms with E-state index in [0.29, 0.717) is 0 Å². The number of nitrogens with two attached hydrogens (primary N) is 1. The van der Waals surface area contributed by atoms with E-state index in [2.05, 4.69) is 52.1 Å². The van der Waals surface area contributed by atoms with Gasteiger partial charge in [-0.05, 0) is 35.7 Å². The van der Waals surface area contributed by atoms with E-state index in [1.165, 1.54) is 5.56 Å². The summed E-state index contributed by atoms with van der Waals surface area (Å²) in [5.41, 5.74) is 10.7. The van der Waals surface area contributed by atoms with Crippen molar-refractivity contribution in [2.24, 2.45) is 5.73 Å². The van der Waals surface area contributed by atoms with E-state index < -0.39 is 0 Å². The van der Waals surface area contributed by atoms with Crippen molar-refractivity contribution in [2.75, 3.05) is 0 Å². The molecule has 0 amide bonds. The molecule has 2 N–H and O–H groups in total. The summed E-state index contributed by atoms with van der Waals surface area (Å²) in [7, 11) is 0. The Hall–Kier alpha value is -1.71. The van der Waals surface area contributed by atoms with Gasteiger partial charge >= 0.3 is 0 Å². The second-order valence-electron chi connectivity index (χ2n) is 4.92. The van der Waals surface area contributed by atoms with E-state index in [-0.39, 0.29) is 6.04 Å². The van der Waals surface area contributed by atoms with Gasteiger partial charge in [-0.25, -0.2) is 0 Å². The number of aromatic nitrogens is 1. The van der Waals surface area contributed by atoms with Gasteiger partial charge < -0.3 is 5.73 Å². The Balaban J connectivity index is 2.08. The van der Waals surface area contributed by atoms with Crippen LogP contribution in [0.3, 0.4) is 0 Å². The maximum absolute atomic E-state index is 6.41. The third-order valence-corrected chi connectivity index (χ3v) is 4.61. The fourth-order valence-corrected chi connectivity index (χ4v) is 2.86. The monoisotopic (exact) mass is 326 g/mol. The highest BCUT2D eigenvalue weighted by Crippen LogP contribution is 2.29. The third-order valence-electron chi connectivity index (χ3n) is 3.53. The van der Waals surface area contributed by atoms with Crippen LogP contribution in [-0.4, -0.2) is 4.98 Å². The Kier molecular flexibility index (Phi) is 3.55. The minimum atomic E-state index is -0.179. The lowest BCUT2D eigenvalue weighted by Crippen LogP contribution is -2.13. The van der Waals surface area contributed by atoms with Gasteiger partial charge in [0.1, 0.15) is 0 Å². The highest BCUT2D eigenvalue weighted by atomic mass is 79.9. The van der Waals surface area contributed by atoms with Crippen LogP contribution in [0.4, 0.5) is 0 Å². The summed E-state index contributed by atoms with van der Waals surface area (Å²) in [6, 6.07) is 16.2. The normalized spacial score (nSPS) is 12.6. The fraction of sp³-hybridized carbons (Fsp3) is 0.118. The van der Waals surface area contributed by atoms with Crippen molar-refractivity contribution in [2.45, 2.75) is 13.0 Å². The predicted molar refractivity (Wildman–Crippen MR) is 86.7 cm³/mol. The van der Waals surface area contributed by atoms with Crippen LogP contribution in [0.5, 0.6) is 0 Å². The van der Waals surface area contributed by atoms with Gasteiger partial charge in [-0.1, -0.05) is 52.3 Å². The predicted octanol–water partition coefficient (Wildman–Crippen LogP) is 4.35. The van der Waals surface area contributed by atoms with Crippen molar-refractivity contribution in [1.82, 2.24) is 4.98 Å². The summed E-state index contributed by atoms with van der Waals surface area (Å²) < 4.78 is 1.07. The molecule has 1 aromatic heterocycles. The van der Waals surface area contributed by atoms with Gasteiger partial charge in [0.2, 0.25) is 0 Å². The Bertz CT molecular complexity index is 768. The molecule has 1 unspecified atom stereocenters. The molecule has 1 atom stereocenters. The number of fused-ring (bicyclic) bond motifs is 1. The Labute approximate surface area is 126 Å². The van der Waals surface area contributed by atoms with E-state index in [1.54, 1.807) is 0 Å². The fourth-order valence-electron chi connectivity index (χ4n) is 2.35. The number of pyridine rings is 1. The first-order chi connectivity index (χ1) is 9.66. The van der Waals surface area contributed by atoms with Crippen molar-refractivity contribution >= 4 is 26.8 Å². The zero-order valence-corrected chi connectivity index (χ0v) is 12.8. The molecule has 20 heavy (non-hydrogen) atoms. The second kappa shape index (κ2) is 5.35. The zero-order chi connectivity index (χ0) is 14.1. The highest BCUT2D eigenvalue weighted by Gasteiger charge is 2.14. The molecule has 3 rings (SSSR count). The molecule has 2 aromatic carbocycles. The molecule has 0 aliphatic rings. The summed E-state index contributed by atoms with van der Waals surface area (Å²) >= 11 is 3.63. The molecule has 2 nitrogen and oxygen atoms in total. The molecule has 3 aromatic rings. The quantitative estimate of drug-likeness (QED) is 0.760. The molecule has 0 aliphatic carbocycles. The smallest absolute Gasteiger partial charge is 0.0702 e. The first-order valence-electron chi connectivity index (χ1n) is 6.52. The van der Waals surface area contributed by atoms with E-state index in [9.17, 15) is 0 Å². The number of aryl methyl sites for hydroxylation is 1. The topological polar surface area (TPSA) is 38.9 Å². The average Bonchev–Trinajstić information content (AvgIpc) is 2.49. The summed E-state index contributed by atoms with van der Waals surface area (Å²) in [6.45, 7) is 2.07. The number of benzene rings is 2. The lowest BCUT2D eigenvalue weighted by Gasteiger charge is -2.16. The van der Waals surface area contributed by atoms with Crippen LogP contribution in [0, 0.1) is 6.92 Å². The molecule has 1 heterocycles. The minimum absolute atomic E-state index is 0.179. The van der Waals surface area contributed by atoms with Gasteiger partial charge in [0.15, 0.2) is 0 Å². The molecule has 0 spiro atoms. The SMILES string of the molecule is Cc1cccc(C(N)c2cnc3ccccc3c2)c1Br. The summed E-state index contributed by atoms with van der Waals surface area (Å²) in [5, 5.41) is 1.12. The van der Waals surface area contributed by atoms with Crippen LogP contribution >= 0.6 is 15.9 Å². The number of hydrogen-bond donors (Lipinski definition) is 1. The van der Waals surface area contributed by atoms with Crippen LogP contribution in [0.25, 0.3) is 10.9 Å². The van der Waals surface area contributed by atoms with Crippen LogP contribution in [0.15, 0.2) is 59.2 Å². The van der Waals surface area contributed by atoms with Gasteiger partial charge in [-0.3, -0.25) is 4.98 Å². The Morgan fingerprint density at radius 1 is 1.10 bits per heavy atom. The first-order valence-corrected chi connectivity index (χ1v) is 7.31. The molecule has 0 bridgehead atoms. The van der Waals surface area contributed by atoms with E-state index >= 15 is 0 Å². The minimum Gasteiger partial charge on any atom is -0.320 e. The molecular formula is C17H15BrN2. The summed E-state index contributed by atoms with van der Waals surface area (Å²) in [5.74, 6) is 0. The van der Waals surface area contributed by atoms with Gasteiger partial charge in [-0.15, -0.1) is 0 Å². The molecule has 0 aliphatic heterocycles. The Morgan fingerprint density at radius 3 is 2.75 bits per heavy atom. The average molecular weight is 327 g/mol. The van der Waals surface area contributed by atoms with Crippen molar-refractivity contribution in [1.29, 1.82) is 0 Å². The summed E-state index contributed by atoms with van der Waals surface area (Å²) in [4.78, 5) is 4.48. The molecule has 0 fully saturated rings. The zero-order valence-electron chi connectivity index (χ0n) is 11.2. The summed E-state index contributed by atoms with van der Waals surface area (Å²) in [6.07, 6.45) is 1.86. The Morgan fingerprint density at radius 2 is 1.90 bits per heavy atom. The maximum atomic E-state index is 6.41. The maximum Gasteiger partial charge on any atom is 0.0702 e. The van der Waals surface area contributed by atoms with Gasteiger partial charge in [0.25, 0.3) is 0 Å².